The molecule has 0 heterocycles. The van der Waals surface area contributed by atoms with Crippen LogP contribution in [-0.4, -0.2) is 17.3 Å². The second-order valence-corrected chi connectivity index (χ2v) is 2.21. The molecule has 1 aromatic rings. The molecule has 14 heavy (non-hydrogen) atoms. The molecule has 0 saturated carbocycles. The van der Waals surface area contributed by atoms with Gasteiger partial charge in [0.25, 0.3) is 0 Å². The fraction of sp³-hybridized carbons (Fsp3) is 0. The standard InChI is InChI=1S/C7H7N3O4/c1-8-10(13)14-7-5-3-2-4-6(7)9(11)12/h2-5,13H,1H2/q-2. The summed E-state index contributed by atoms with van der Waals surface area (Å²) in [5.41, 5.74) is -0.268. The first-order valence-corrected chi connectivity index (χ1v) is 3.52. The van der Waals surface area contributed by atoms with E-state index in [1.54, 1.807) is 0 Å². The second-order valence-electron chi connectivity index (χ2n) is 2.21. The summed E-state index contributed by atoms with van der Waals surface area (Å²) in [4.78, 5) is 4.57. The largest absolute Gasteiger partial charge is 0.769 e. The summed E-state index contributed by atoms with van der Waals surface area (Å²) in [5.74, 6) is -0.118. The van der Waals surface area contributed by atoms with E-state index in [0.717, 1.165) is 0 Å². The van der Waals surface area contributed by atoms with Gasteiger partial charge in [-0.15, -0.1) is 5.10 Å². The first kappa shape index (κ1) is 10.3. The van der Waals surface area contributed by atoms with E-state index in [-0.39, 0.29) is 16.8 Å². The van der Waals surface area contributed by atoms with Gasteiger partial charge in [-0.25, -0.2) is 5.21 Å². The van der Waals surface area contributed by atoms with Crippen LogP contribution in [0.1, 0.15) is 0 Å². The molecule has 0 fully saturated rings. The summed E-state index contributed by atoms with van der Waals surface area (Å²) in [5, 5.41) is 32.1. The van der Waals surface area contributed by atoms with Crippen LogP contribution in [0.5, 0.6) is 5.75 Å². The van der Waals surface area contributed by atoms with Crippen LogP contribution in [0.25, 0.3) is 0 Å². The maximum absolute atomic E-state index is 10.5. The zero-order chi connectivity index (χ0) is 10.6. The van der Waals surface area contributed by atoms with Gasteiger partial charge < -0.3 is 20.5 Å². The molecular weight excluding hydrogens is 190 g/mol. The van der Waals surface area contributed by atoms with Gasteiger partial charge in [-0.05, 0) is 12.1 Å². The number of hydrazone groups is 1. The molecule has 1 rings (SSSR count). The van der Waals surface area contributed by atoms with Crippen LogP contribution in [0, 0.1) is 10.4 Å². The SMILES string of the molecule is C=NN(O)Oc1ccccc1N([O-])[O-]. The van der Waals surface area contributed by atoms with Crippen LogP contribution in [0.3, 0.4) is 0 Å². The third kappa shape index (κ3) is 2.33. The quantitative estimate of drug-likeness (QED) is 0.573. The molecule has 0 atom stereocenters. The fourth-order valence-electron chi connectivity index (χ4n) is 0.802. The zero-order valence-electron chi connectivity index (χ0n) is 7.03. The fourth-order valence-corrected chi connectivity index (χ4v) is 0.802. The number of hydrogen-bond donors (Lipinski definition) is 1. The maximum atomic E-state index is 10.5. The van der Waals surface area contributed by atoms with Crippen LogP contribution in [0.15, 0.2) is 29.4 Å². The lowest BCUT2D eigenvalue weighted by Crippen LogP contribution is -2.17. The lowest BCUT2D eigenvalue weighted by Gasteiger charge is -2.38. The molecule has 0 aliphatic heterocycles. The topological polar surface area (TPSA) is 94.4 Å². The monoisotopic (exact) mass is 197 g/mol. The summed E-state index contributed by atoms with van der Waals surface area (Å²) in [6.07, 6.45) is 0. The molecular formula is C7H7N3O4-2. The Morgan fingerprint density at radius 2 is 2.00 bits per heavy atom. The van der Waals surface area contributed by atoms with E-state index in [1.165, 1.54) is 24.3 Å². The molecule has 7 nitrogen and oxygen atoms in total. The highest BCUT2D eigenvalue weighted by Gasteiger charge is 2.03. The highest BCUT2D eigenvalue weighted by molar-refractivity contribution is 5.59. The molecule has 1 aromatic carbocycles. The third-order valence-corrected chi connectivity index (χ3v) is 1.36. The lowest BCUT2D eigenvalue weighted by molar-refractivity contribution is -0.281. The highest BCUT2D eigenvalue weighted by atomic mass is 16.9. The van der Waals surface area contributed by atoms with Crippen LogP contribution in [0.4, 0.5) is 5.69 Å². The zero-order valence-corrected chi connectivity index (χ0v) is 7.03. The third-order valence-electron chi connectivity index (χ3n) is 1.36. The van der Waals surface area contributed by atoms with E-state index in [1.807, 2.05) is 0 Å². The molecule has 0 bridgehead atoms. The van der Waals surface area contributed by atoms with E-state index >= 15 is 0 Å². The molecule has 76 valence electrons. The van der Waals surface area contributed by atoms with Crippen molar-refractivity contribution in [2.75, 3.05) is 5.23 Å². The molecule has 0 aliphatic carbocycles. The Morgan fingerprint density at radius 3 is 2.57 bits per heavy atom. The Hall–Kier alpha value is -1.83. The Labute approximate surface area is 79.5 Å². The summed E-state index contributed by atoms with van der Waals surface area (Å²) in [6, 6.07) is 5.58. The van der Waals surface area contributed by atoms with Gasteiger partial charge in [0, 0.05) is 12.1 Å². The van der Waals surface area contributed by atoms with E-state index < -0.39 is 5.23 Å². The molecule has 0 unspecified atom stereocenters. The van der Waals surface area contributed by atoms with Gasteiger partial charge in [0.05, 0.1) is 5.69 Å². The van der Waals surface area contributed by atoms with Gasteiger partial charge in [-0.3, -0.25) is 0 Å². The molecule has 0 spiro atoms. The van der Waals surface area contributed by atoms with Gasteiger partial charge >= 0.3 is 0 Å². The average Bonchev–Trinajstić information content (AvgIpc) is 2.18. The summed E-state index contributed by atoms with van der Waals surface area (Å²) in [6.45, 7) is 2.96. The Morgan fingerprint density at radius 1 is 1.36 bits per heavy atom. The van der Waals surface area contributed by atoms with Crippen LogP contribution in [0.2, 0.25) is 0 Å². The number of anilines is 1. The van der Waals surface area contributed by atoms with Crippen molar-refractivity contribution in [2.24, 2.45) is 5.10 Å². The Kier molecular flexibility index (Phi) is 3.24. The first-order chi connectivity index (χ1) is 6.65. The molecule has 0 aromatic heterocycles. The smallest absolute Gasteiger partial charge is 0.181 e. The van der Waals surface area contributed by atoms with Crippen molar-refractivity contribution in [1.29, 1.82) is 0 Å². The minimum atomic E-state index is -0.633. The van der Waals surface area contributed by atoms with E-state index in [9.17, 15) is 10.4 Å². The lowest BCUT2D eigenvalue weighted by atomic mass is 10.3. The summed E-state index contributed by atoms with van der Waals surface area (Å²) in [7, 11) is 0. The molecule has 1 N–H and O–H groups in total. The minimum absolute atomic E-state index is 0.0440. The van der Waals surface area contributed by atoms with Gasteiger partial charge in [0.1, 0.15) is 0 Å². The number of hydrogen-bond acceptors (Lipinski definition) is 7. The molecule has 0 aliphatic rings. The van der Waals surface area contributed by atoms with Crippen molar-refractivity contribution >= 4 is 12.4 Å². The normalized spacial score (nSPS) is 9.36. The van der Waals surface area contributed by atoms with Crippen molar-refractivity contribution in [3.8, 4) is 5.75 Å². The molecule has 0 amide bonds. The second kappa shape index (κ2) is 4.42. The summed E-state index contributed by atoms with van der Waals surface area (Å²) >= 11 is 0. The molecule has 0 saturated heterocycles. The Bertz CT molecular complexity index is 318. The number of para-hydroxylation sites is 2. The first-order valence-electron chi connectivity index (χ1n) is 3.52. The highest BCUT2D eigenvalue weighted by Crippen LogP contribution is 2.27. The maximum Gasteiger partial charge on any atom is 0.181 e. The average molecular weight is 197 g/mol. The van der Waals surface area contributed by atoms with Crippen molar-refractivity contribution in [3.05, 3.63) is 34.7 Å². The van der Waals surface area contributed by atoms with Gasteiger partial charge in [0.15, 0.2) is 5.75 Å². The number of rotatable bonds is 4. The van der Waals surface area contributed by atoms with E-state index in [4.69, 9.17) is 5.21 Å². The predicted octanol–water partition coefficient (Wildman–Crippen LogP) is 1.09. The van der Waals surface area contributed by atoms with Crippen LogP contribution < -0.4 is 10.1 Å². The van der Waals surface area contributed by atoms with Gasteiger partial charge in [-0.1, -0.05) is 12.1 Å². The minimum Gasteiger partial charge on any atom is -0.769 e. The van der Waals surface area contributed by atoms with E-state index in [0.29, 0.717) is 0 Å². The van der Waals surface area contributed by atoms with Gasteiger partial charge in [-0.2, -0.15) is 0 Å². The van der Waals surface area contributed by atoms with Crippen molar-refractivity contribution in [1.82, 2.24) is 5.34 Å². The van der Waals surface area contributed by atoms with Crippen molar-refractivity contribution in [3.63, 3.8) is 0 Å². The van der Waals surface area contributed by atoms with E-state index in [2.05, 4.69) is 16.7 Å². The van der Waals surface area contributed by atoms with Crippen molar-refractivity contribution < 1.29 is 10.0 Å². The van der Waals surface area contributed by atoms with Crippen LogP contribution in [-0.2, 0) is 0 Å². The predicted molar refractivity (Wildman–Crippen MR) is 49.5 cm³/mol. The molecule has 7 heteroatoms. The van der Waals surface area contributed by atoms with Crippen molar-refractivity contribution in [2.45, 2.75) is 0 Å². The number of nitrogens with zero attached hydrogens (tertiary/aromatic N) is 3. The Balaban J connectivity index is 2.89. The number of benzene rings is 1. The summed E-state index contributed by atoms with van der Waals surface area (Å²) < 4.78 is 0. The van der Waals surface area contributed by atoms with Crippen LogP contribution >= 0.6 is 0 Å². The van der Waals surface area contributed by atoms with Gasteiger partial charge in [0.2, 0.25) is 0 Å². The molecule has 0 radical (unpaired) electrons.